The highest BCUT2D eigenvalue weighted by molar-refractivity contribution is 5.85. The molecule has 0 aliphatic rings. The molecule has 0 unspecified atom stereocenters. The van der Waals surface area contributed by atoms with Crippen molar-refractivity contribution < 1.29 is 19.8 Å². The first-order valence-corrected chi connectivity index (χ1v) is 4.09. The number of aliphatic carboxylic acids is 2. The Morgan fingerprint density at radius 2 is 1.07 bits per heavy atom. The van der Waals surface area contributed by atoms with Gasteiger partial charge in [-0.2, -0.15) is 0 Å². The molecule has 0 spiro atoms. The minimum atomic E-state index is -0.845. The van der Waals surface area contributed by atoms with Gasteiger partial charge < -0.3 is 10.2 Å². The van der Waals surface area contributed by atoms with Gasteiger partial charge in [0.2, 0.25) is 0 Å². The van der Waals surface area contributed by atoms with Crippen LogP contribution in [0.5, 0.6) is 0 Å². The fraction of sp³-hybridized carbons (Fsp3) is 0.400. The van der Waals surface area contributed by atoms with E-state index >= 15 is 0 Å². The first-order valence-electron chi connectivity index (χ1n) is 4.09. The summed E-state index contributed by atoms with van der Waals surface area (Å²) in [4.78, 5) is 19.7. The normalized spacial score (nSPS) is 11.4. The average Bonchev–Trinajstić information content (AvgIpc) is 2.15. The van der Waals surface area contributed by atoms with Gasteiger partial charge in [-0.1, -0.05) is 12.2 Å². The molecule has 0 aliphatic carbocycles. The largest absolute Gasteiger partial charge is 0.478 e. The predicted molar refractivity (Wildman–Crippen MR) is 54.1 cm³/mol. The molecule has 0 bridgehead atoms. The van der Waals surface area contributed by atoms with Crippen molar-refractivity contribution in [2.24, 2.45) is 0 Å². The molecule has 0 aromatic carbocycles. The Morgan fingerprint density at radius 3 is 1.07 bits per heavy atom. The molecular formula is C10H16O4. The maximum Gasteiger partial charge on any atom is 0.330 e. The van der Waals surface area contributed by atoms with E-state index in [0.29, 0.717) is 11.1 Å². The molecule has 0 rings (SSSR count). The number of hydrogen-bond acceptors (Lipinski definition) is 2. The van der Waals surface area contributed by atoms with Crippen LogP contribution < -0.4 is 0 Å². The van der Waals surface area contributed by atoms with E-state index in [1.54, 1.807) is 39.8 Å². The van der Waals surface area contributed by atoms with Crippen molar-refractivity contribution in [1.82, 2.24) is 0 Å². The van der Waals surface area contributed by atoms with E-state index < -0.39 is 11.9 Å². The van der Waals surface area contributed by atoms with Crippen LogP contribution in [0.4, 0.5) is 0 Å². The maximum absolute atomic E-state index is 9.86. The summed E-state index contributed by atoms with van der Waals surface area (Å²) in [6.45, 7) is 6.51. The lowest BCUT2D eigenvalue weighted by molar-refractivity contribution is -0.133. The molecule has 0 aromatic rings. The minimum absolute atomic E-state index is 0.389. The molecule has 0 aliphatic heterocycles. The van der Waals surface area contributed by atoms with E-state index in [4.69, 9.17) is 10.2 Å². The number of allylic oxidation sites excluding steroid dienone is 2. The molecule has 0 amide bonds. The molecule has 0 radical (unpaired) electrons. The molecule has 2 N–H and O–H groups in total. The van der Waals surface area contributed by atoms with Crippen molar-refractivity contribution in [2.75, 3.05) is 0 Å². The number of hydrogen-bond donors (Lipinski definition) is 2. The Labute approximate surface area is 83.6 Å². The van der Waals surface area contributed by atoms with Gasteiger partial charge in [0, 0.05) is 11.1 Å². The molecule has 14 heavy (non-hydrogen) atoms. The summed E-state index contributed by atoms with van der Waals surface area (Å²) in [5.74, 6) is -1.69. The molecule has 0 aromatic heterocycles. The maximum atomic E-state index is 9.86. The summed E-state index contributed by atoms with van der Waals surface area (Å²) in [6, 6.07) is 0. The molecule has 0 heterocycles. The van der Waals surface area contributed by atoms with Crippen LogP contribution in [0.25, 0.3) is 0 Å². The Hall–Kier alpha value is -1.58. The lowest BCUT2D eigenvalue weighted by atomic mass is 10.3. The van der Waals surface area contributed by atoms with Crippen LogP contribution in [0, 0.1) is 0 Å². The third-order valence-electron chi connectivity index (χ3n) is 1.54. The van der Waals surface area contributed by atoms with Crippen LogP contribution in [-0.2, 0) is 9.59 Å². The van der Waals surface area contributed by atoms with Crippen molar-refractivity contribution in [1.29, 1.82) is 0 Å². The zero-order valence-electron chi connectivity index (χ0n) is 8.87. The summed E-state index contributed by atoms with van der Waals surface area (Å²) in [6.07, 6.45) is 3.12. The fourth-order valence-corrected chi connectivity index (χ4v) is 0.247. The Morgan fingerprint density at radius 1 is 0.857 bits per heavy atom. The van der Waals surface area contributed by atoms with Gasteiger partial charge >= 0.3 is 11.9 Å². The third kappa shape index (κ3) is 8.52. The third-order valence-corrected chi connectivity index (χ3v) is 1.54. The van der Waals surface area contributed by atoms with Crippen LogP contribution in [0.1, 0.15) is 27.7 Å². The van der Waals surface area contributed by atoms with Crippen LogP contribution in [-0.4, -0.2) is 22.2 Å². The zero-order chi connectivity index (χ0) is 11.7. The number of rotatable bonds is 2. The van der Waals surface area contributed by atoms with Crippen molar-refractivity contribution in [2.45, 2.75) is 27.7 Å². The summed E-state index contributed by atoms with van der Waals surface area (Å²) in [5, 5.41) is 16.2. The first kappa shape index (κ1) is 14.9. The molecule has 0 fully saturated rings. The Kier molecular flexibility index (Phi) is 8.57. The van der Waals surface area contributed by atoms with Gasteiger partial charge in [0.15, 0.2) is 0 Å². The number of carboxylic acids is 2. The van der Waals surface area contributed by atoms with E-state index in [0.717, 1.165) is 0 Å². The quantitative estimate of drug-likeness (QED) is 0.669. The van der Waals surface area contributed by atoms with Crippen LogP contribution in [0.15, 0.2) is 23.3 Å². The standard InChI is InChI=1S/2C5H8O2/c2*1-3-4(2)5(6)7/h2*3H,1-2H3,(H,6,7). The van der Waals surface area contributed by atoms with E-state index in [9.17, 15) is 9.59 Å². The minimum Gasteiger partial charge on any atom is -0.478 e. The number of carboxylic acid groups (broad SMARTS) is 2. The predicted octanol–water partition coefficient (Wildman–Crippen LogP) is 2.07. The van der Waals surface area contributed by atoms with Gasteiger partial charge in [-0.3, -0.25) is 0 Å². The van der Waals surface area contributed by atoms with Crippen LogP contribution in [0.2, 0.25) is 0 Å². The molecular weight excluding hydrogens is 184 g/mol. The molecule has 4 nitrogen and oxygen atoms in total. The fourth-order valence-electron chi connectivity index (χ4n) is 0.247. The summed E-state index contributed by atoms with van der Waals surface area (Å²) in [7, 11) is 0. The monoisotopic (exact) mass is 200 g/mol. The van der Waals surface area contributed by atoms with Crippen LogP contribution >= 0.6 is 0 Å². The second-order valence-electron chi connectivity index (χ2n) is 2.55. The smallest absolute Gasteiger partial charge is 0.330 e. The number of carbonyl (C=O) groups is 2. The van der Waals surface area contributed by atoms with Crippen molar-refractivity contribution in [3.63, 3.8) is 0 Å². The van der Waals surface area contributed by atoms with Gasteiger partial charge in [-0.15, -0.1) is 0 Å². The average molecular weight is 200 g/mol. The van der Waals surface area contributed by atoms with Crippen molar-refractivity contribution in [3.8, 4) is 0 Å². The van der Waals surface area contributed by atoms with Crippen LogP contribution in [0.3, 0.4) is 0 Å². The molecule has 0 saturated carbocycles. The van der Waals surface area contributed by atoms with Crippen molar-refractivity contribution >= 4 is 11.9 Å². The molecule has 4 heteroatoms. The van der Waals surface area contributed by atoms with Gasteiger partial charge in [-0.25, -0.2) is 9.59 Å². The summed E-state index contributed by atoms with van der Waals surface area (Å²) >= 11 is 0. The Balaban J connectivity index is 0. The highest BCUT2D eigenvalue weighted by Gasteiger charge is 1.93. The van der Waals surface area contributed by atoms with Gasteiger partial charge in [-0.05, 0) is 27.7 Å². The molecule has 0 atom stereocenters. The second kappa shape index (κ2) is 8.04. The summed E-state index contributed by atoms with van der Waals surface area (Å²) in [5.41, 5.74) is 0.778. The SMILES string of the molecule is CC=C(C)C(=O)O.CC=C(C)C(=O)O. The first-order chi connectivity index (χ1) is 6.36. The van der Waals surface area contributed by atoms with Gasteiger partial charge in [0.1, 0.15) is 0 Å². The topological polar surface area (TPSA) is 74.6 Å². The highest BCUT2D eigenvalue weighted by atomic mass is 16.4. The van der Waals surface area contributed by atoms with Gasteiger partial charge in [0.25, 0.3) is 0 Å². The zero-order valence-corrected chi connectivity index (χ0v) is 8.87. The highest BCUT2D eigenvalue weighted by Crippen LogP contribution is 1.88. The van der Waals surface area contributed by atoms with Gasteiger partial charge in [0.05, 0.1) is 0 Å². The lowest BCUT2D eigenvalue weighted by Crippen LogP contribution is -1.93. The Bertz CT molecular complexity index is 233. The second-order valence-corrected chi connectivity index (χ2v) is 2.55. The molecule has 0 saturated heterocycles. The molecule has 80 valence electrons. The van der Waals surface area contributed by atoms with E-state index in [2.05, 4.69) is 0 Å². The van der Waals surface area contributed by atoms with Crippen molar-refractivity contribution in [3.05, 3.63) is 23.3 Å². The lowest BCUT2D eigenvalue weighted by Gasteiger charge is -1.84. The van der Waals surface area contributed by atoms with E-state index in [1.165, 1.54) is 0 Å². The van der Waals surface area contributed by atoms with E-state index in [-0.39, 0.29) is 0 Å². The van der Waals surface area contributed by atoms with E-state index in [1.807, 2.05) is 0 Å². The summed E-state index contributed by atoms with van der Waals surface area (Å²) < 4.78 is 0.